The molecule has 0 fully saturated rings. The van der Waals surface area contributed by atoms with E-state index in [1.165, 1.54) is 38.5 Å². The van der Waals surface area contributed by atoms with E-state index < -0.39 is 21.5 Å². The van der Waals surface area contributed by atoms with Gasteiger partial charge in [0.2, 0.25) is 0 Å². The first-order valence-corrected chi connectivity index (χ1v) is 12.0. The van der Waals surface area contributed by atoms with Gasteiger partial charge in [0.15, 0.2) is 5.60 Å². The number of anilines is 2. The third-order valence-corrected chi connectivity index (χ3v) is 6.44. The molecule has 0 spiro atoms. The van der Waals surface area contributed by atoms with E-state index in [1.807, 2.05) is 0 Å². The van der Waals surface area contributed by atoms with Gasteiger partial charge in [-0.1, -0.05) is 11.6 Å². The van der Waals surface area contributed by atoms with Crippen LogP contribution in [0.25, 0.3) is 0 Å². The Hall–Kier alpha value is -3.43. The van der Waals surface area contributed by atoms with Gasteiger partial charge in [-0.05, 0) is 74.5 Å². The number of halogens is 1. The summed E-state index contributed by atoms with van der Waals surface area (Å²) in [6, 6.07) is 17.2. The van der Waals surface area contributed by atoms with Crippen LogP contribution in [0.5, 0.6) is 17.2 Å². The zero-order valence-corrected chi connectivity index (χ0v) is 20.7. The first-order valence-electron chi connectivity index (χ1n) is 10.1. The quantitative estimate of drug-likeness (QED) is 0.427. The van der Waals surface area contributed by atoms with E-state index >= 15 is 0 Å². The molecule has 1 amide bonds. The highest BCUT2D eigenvalue weighted by Crippen LogP contribution is 2.31. The molecule has 0 bridgehead atoms. The molecule has 0 aliphatic carbocycles. The number of amides is 1. The number of ether oxygens (including phenoxy) is 3. The molecule has 3 aromatic carbocycles. The van der Waals surface area contributed by atoms with E-state index in [4.69, 9.17) is 25.8 Å². The minimum absolute atomic E-state index is 0.0139. The van der Waals surface area contributed by atoms with Crippen molar-refractivity contribution in [3.05, 3.63) is 71.8 Å². The van der Waals surface area contributed by atoms with Gasteiger partial charge in [0, 0.05) is 16.8 Å². The number of rotatable bonds is 9. The van der Waals surface area contributed by atoms with Crippen LogP contribution >= 0.6 is 11.6 Å². The average molecular weight is 505 g/mol. The van der Waals surface area contributed by atoms with Gasteiger partial charge in [-0.2, -0.15) is 0 Å². The van der Waals surface area contributed by atoms with Gasteiger partial charge in [-0.25, -0.2) is 8.42 Å². The molecule has 0 saturated carbocycles. The summed E-state index contributed by atoms with van der Waals surface area (Å²) < 4.78 is 44.3. The maximum Gasteiger partial charge on any atom is 0.267 e. The van der Waals surface area contributed by atoms with Gasteiger partial charge in [-0.15, -0.1) is 0 Å². The van der Waals surface area contributed by atoms with Crippen LogP contribution in [0.15, 0.2) is 71.6 Å². The molecule has 0 heterocycles. The number of benzene rings is 3. The average Bonchev–Trinajstić information content (AvgIpc) is 2.81. The lowest BCUT2D eigenvalue weighted by molar-refractivity contribution is -0.128. The molecule has 3 rings (SSSR count). The van der Waals surface area contributed by atoms with Gasteiger partial charge < -0.3 is 19.5 Å². The van der Waals surface area contributed by atoms with E-state index in [2.05, 4.69) is 10.0 Å². The van der Waals surface area contributed by atoms with E-state index in [0.29, 0.717) is 28.0 Å². The fraction of sp³-hybridized carbons (Fsp3) is 0.208. The van der Waals surface area contributed by atoms with Gasteiger partial charge >= 0.3 is 0 Å². The van der Waals surface area contributed by atoms with Crippen LogP contribution in [-0.4, -0.2) is 34.1 Å². The maximum atomic E-state index is 12.8. The van der Waals surface area contributed by atoms with Crippen LogP contribution in [-0.2, 0) is 14.8 Å². The van der Waals surface area contributed by atoms with Crippen LogP contribution < -0.4 is 24.2 Å². The standard InChI is InChI=1S/C24H25ClN2O6S/c1-24(2,33-18-9-5-16(25)6-10-18)23(28)26-17-7-12-20(13-8-17)34(29,30)27-21-14-11-19(31-3)15-22(21)32-4/h5-15,27H,1-4H3,(H,26,28). The lowest BCUT2D eigenvalue weighted by atomic mass is 10.1. The second-order valence-electron chi connectivity index (χ2n) is 7.72. The molecule has 180 valence electrons. The molecule has 0 atom stereocenters. The third-order valence-electron chi connectivity index (χ3n) is 4.81. The first-order chi connectivity index (χ1) is 16.0. The lowest BCUT2D eigenvalue weighted by Gasteiger charge is -2.25. The Bertz CT molecular complexity index is 1260. The largest absolute Gasteiger partial charge is 0.497 e. The Morgan fingerprint density at radius 2 is 1.50 bits per heavy atom. The zero-order valence-electron chi connectivity index (χ0n) is 19.1. The van der Waals surface area contributed by atoms with Gasteiger partial charge in [0.05, 0.1) is 24.8 Å². The van der Waals surface area contributed by atoms with Crippen LogP contribution in [0.1, 0.15) is 13.8 Å². The summed E-state index contributed by atoms with van der Waals surface area (Å²) in [5, 5.41) is 3.29. The molecule has 0 unspecified atom stereocenters. The highest BCUT2D eigenvalue weighted by atomic mass is 35.5. The lowest BCUT2D eigenvalue weighted by Crippen LogP contribution is -2.42. The number of nitrogens with one attached hydrogen (secondary N) is 2. The Kier molecular flexibility index (Phi) is 7.58. The molecule has 0 aliphatic rings. The molecule has 0 radical (unpaired) electrons. The van der Waals surface area contributed by atoms with Gasteiger partial charge in [0.1, 0.15) is 17.2 Å². The van der Waals surface area contributed by atoms with E-state index in [-0.39, 0.29) is 10.6 Å². The SMILES string of the molecule is COc1ccc(NS(=O)(=O)c2ccc(NC(=O)C(C)(C)Oc3ccc(Cl)cc3)cc2)c(OC)c1. The van der Waals surface area contributed by atoms with Crippen molar-refractivity contribution in [3.8, 4) is 17.2 Å². The number of carbonyl (C=O) groups excluding carboxylic acids is 1. The fourth-order valence-corrected chi connectivity index (χ4v) is 4.13. The molecule has 0 aromatic heterocycles. The highest BCUT2D eigenvalue weighted by molar-refractivity contribution is 7.92. The Morgan fingerprint density at radius 1 is 0.882 bits per heavy atom. The number of hydrogen-bond acceptors (Lipinski definition) is 6. The van der Waals surface area contributed by atoms with Crippen LogP contribution in [0.2, 0.25) is 5.02 Å². The van der Waals surface area contributed by atoms with Crippen LogP contribution in [0.4, 0.5) is 11.4 Å². The van der Waals surface area contributed by atoms with Crippen molar-refractivity contribution < 1.29 is 27.4 Å². The van der Waals surface area contributed by atoms with E-state index in [0.717, 1.165) is 0 Å². The Balaban J connectivity index is 1.70. The molecule has 0 saturated heterocycles. The molecule has 3 aromatic rings. The number of methoxy groups -OCH3 is 2. The summed E-state index contributed by atoms with van der Waals surface area (Å²) >= 11 is 5.88. The predicted molar refractivity (Wildman–Crippen MR) is 132 cm³/mol. The van der Waals surface area contributed by atoms with Crippen molar-refractivity contribution in [1.29, 1.82) is 0 Å². The molecular formula is C24H25ClN2O6S. The van der Waals surface area contributed by atoms with E-state index in [1.54, 1.807) is 56.3 Å². The molecule has 2 N–H and O–H groups in total. The topological polar surface area (TPSA) is 103 Å². The third kappa shape index (κ3) is 6.12. The highest BCUT2D eigenvalue weighted by Gasteiger charge is 2.30. The summed E-state index contributed by atoms with van der Waals surface area (Å²) in [6.07, 6.45) is 0. The van der Waals surface area contributed by atoms with Crippen molar-refractivity contribution in [2.45, 2.75) is 24.3 Å². The second-order valence-corrected chi connectivity index (χ2v) is 9.84. The van der Waals surface area contributed by atoms with Crippen LogP contribution in [0, 0.1) is 0 Å². The number of hydrogen-bond donors (Lipinski definition) is 2. The second kappa shape index (κ2) is 10.2. The summed E-state index contributed by atoms with van der Waals surface area (Å²) in [7, 11) is -0.966. The monoisotopic (exact) mass is 504 g/mol. The normalized spacial score (nSPS) is 11.4. The van der Waals surface area contributed by atoms with Crippen molar-refractivity contribution in [2.75, 3.05) is 24.3 Å². The molecular weight excluding hydrogens is 480 g/mol. The Morgan fingerprint density at radius 3 is 2.09 bits per heavy atom. The molecule has 0 aliphatic heterocycles. The predicted octanol–water partition coefficient (Wildman–Crippen LogP) is 4.95. The van der Waals surface area contributed by atoms with Crippen molar-refractivity contribution in [1.82, 2.24) is 0 Å². The summed E-state index contributed by atoms with van der Waals surface area (Å²) in [4.78, 5) is 12.7. The number of carbonyl (C=O) groups is 1. The molecule has 10 heteroatoms. The van der Waals surface area contributed by atoms with Crippen molar-refractivity contribution in [2.24, 2.45) is 0 Å². The maximum absolute atomic E-state index is 12.8. The first kappa shape index (κ1) is 25.2. The van der Waals surface area contributed by atoms with Gasteiger partial charge in [0.25, 0.3) is 15.9 Å². The fourth-order valence-electron chi connectivity index (χ4n) is 2.93. The van der Waals surface area contributed by atoms with Crippen LogP contribution in [0.3, 0.4) is 0 Å². The summed E-state index contributed by atoms with van der Waals surface area (Å²) in [5.74, 6) is 0.933. The molecule has 8 nitrogen and oxygen atoms in total. The molecule has 34 heavy (non-hydrogen) atoms. The van der Waals surface area contributed by atoms with Crippen molar-refractivity contribution in [3.63, 3.8) is 0 Å². The minimum atomic E-state index is -3.90. The summed E-state index contributed by atoms with van der Waals surface area (Å²) in [6.45, 7) is 3.25. The smallest absolute Gasteiger partial charge is 0.267 e. The van der Waals surface area contributed by atoms with Crippen molar-refractivity contribution >= 4 is 38.9 Å². The number of sulfonamides is 1. The van der Waals surface area contributed by atoms with E-state index in [9.17, 15) is 13.2 Å². The summed E-state index contributed by atoms with van der Waals surface area (Å²) in [5.41, 5.74) is -0.508. The Labute approximate surface area is 203 Å². The zero-order chi connectivity index (χ0) is 24.9. The van der Waals surface area contributed by atoms with Gasteiger partial charge in [-0.3, -0.25) is 9.52 Å². The minimum Gasteiger partial charge on any atom is -0.497 e.